The van der Waals surface area contributed by atoms with E-state index in [4.69, 9.17) is 9.15 Å². The van der Waals surface area contributed by atoms with E-state index in [0.717, 1.165) is 11.3 Å². The van der Waals surface area contributed by atoms with Crippen molar-refractivity contribution in [2.24, 2.45) is 0 Å². The lowest BCUT2D eigenvalue weighted by atomic mass is 10.0. The number of rotatable bonds is 4. The predicted octanol–water partition coefficient (Wildman–Crippen LogP) is 1.65. The van der Waals surface area contributed by atoms with Gasteiger partial charge in [-0.3, -0.25) is 9.59 Å². The molecule has 0 fully saturated rings. The van der Waals surface area contributed by atoms with E-state index in [9.17, 15) is 9.59 Å². The van der Waals surface area contributed by atoms with Gasteiger partial charge in [-0.2, -0.15) is 0 Å². The zero-order valence-electron chi connectivity index (χ0n) is 11.9. The summed E-state index contributed by atoms with van der Waals surface area (Å²) in [5, 5.41) is 5.43. The molecule has 0 saturated carbocycles. The number of amides is 2. The van der Waals surface area contributed by atoms with E-state index in [-0.39, 0.29) is 24.3 Å². The lowest BCUT2D eigenvalue weighted by Crippen LogP contribution is -2.39. The number of hydrogen-bond acceptors (Lipinski definition) is 4. The Kier molecular flexibility index (Phi) is 4.09. The Balaban J connectivity index is 1.55. The Morgan fingerprint density at radius 1 is 1.18 bits per heavy atom. The molecule has 1 unspecified atom stereocenters. The summed E-state index contributed by atoms with van der Waals surface area (Å²) in [5.41, 5.74) is 0.958. The summed E-state index contributed by atoms with van der Waals surface area (Å²) >= 11 is 0. The van der Waals surface area contributed by atoms with Crippen LogP contribution in [-0.2, 0) is 4.79 Å². The van der Waals surface area contributed by atoms with Crippen LogP contribution in [0.5, 0.6) is 5.75 Å². The van der Waals surface area contributed by atoms with Gasteiger partial charge in [0.15, 0.2) is 5.76 Å². The van der Waals surface area contributed by atoms with Crippen molar-refractivity contribution in [2.75, 3.05) is 13.2 Å². The van der Waals surface area contributed by atoms with Crippen molar-refractivity contribution in [1.82, 2.24) is 10.6 Å². The van der Waals surface area contributed by atoms with Gasteiger partial charge in [0.1, 0.15) is 5.75 Å². The summed E-state index contributed by atoms with van der Waals surface area (Å²) in [5.74, 6) is 0.317. The first-order valence-electron chi connectivity index (χ1n) is 7.07. The molecule has 2 aromatic rings. The van der Waals surface area contributed by atoms with Crippen molar-refractivity contribution >= 4 is 11.8 Å². The van der Waals surface area contributed by atoms with E-state index in [1.807, 2.05) is 24.3 Å². The third-order valence-corrected chi connectivity index (χ3v) is 3.45. The second-order valence-corrected chi connectivity index (χ2v) is 4.96. The molecule has 6 heteroatoms. The smallest absolute Gasteiger partial charge is 0.287 e. The highest BCUT2D eigenvalue weighted by Gasteiger charge is 2.22. The molecular weight excluding hydrogens is 284 g/mol. The third-order valence-electron chi connectivity index (χ3n) is 3.45. The standard InChI is InChI=1S/C16H16N2O4/c19-15(10-17-16(20)14-6-3-8-21-14)18-12-7-9-22-13-5-2-1-4-11(12)13/h1-6,8,12H,7,9-10H2,(H,17,20)(H,18,19). The number of ether oxygens (including phenoxy) is 1. The van der Waals surface area contributed by atoms with E-state index < -0.39 is 5.91 Å². The fourth-order valence-electron chi connectivity index (χ4n) is 2.39. The lowest BCUT2D eigenvalue weighted by Gasteiger charge is -2.26. The number of para-hydroxylation sites is 1. The quantitative estimate of drug-likeness (QED) is 0.899. The summed E-state index contributed by atoms with van der Waals surface area (Å²) in [6.07, 6.45) is 2.11. The largest absolute Gasteiger partial charge is 0.493 e. The van der Waals surface area contributed by atoms with Crippen LogP contribution in [0.1, 0.15) is 28.6 Å². The monoisotopic (exact) mass is 300 g/mol. The topological polar surface area (TPSA) is 80.6 Å². The zero-order chi connectivity index (χ0) is 15.4. The third kappa shape index (κ3) is 3.11. The first-order valence-corrected chi connectivity index (χ1v) is 7.07. The fraction of sp³-hybridized carbons (Fsp3) is 0.250. The van der Waals surface area contributed by atoms with Gasteiger partial charge in [-0.05, 0) is 18.2 Å². The first-order chi connectivity index (χ1) is 10.7. The number of benzene rings is 1. The van der Waals surface area contributed by atoms with Crippen molar-refractivity contribution in [3.63, 3.8) is 0 Å². The highest BCUT2D eigenvalue weighted by Crippen LogP contribution is 2.31. The Hall–Kier alpha value is -2.76. The molecule has 3 rings (SSSR count). The van der Waals surface area contributed by atoms with Crippen LogP contribution in [0.4, 0.5) is 0 Å². The molecule has 0 radical (unpaired) electrons. The van der Waals surface area contributed by atoms with Crippen LogP contribution in [0.3, 0.4) is 0 Å². The van der Waals surface area contributed by atoms with Gasteiger partial charge in [-0.15, -0.1) is 0 Å². The van der Waals surface area contributed by atoms with Gasteiger partial charge in [0, 0.05) is 12.0 Å². The van der Waals surface area contributed by atoms with E-state index in [2.05, 4.69) is 10.6 Å². The van der Waals surface area contributed by atoms with Crippen molar-refractivity contribution in [3.05, 3.63) is 54.0 Å². The van der Waals surface area contributed by atoms with Crippen LogP contribution in [0, 0.1) is 0 Å². The van der Waals surface area contributed by atoms with Crippen molar-refractivity contribution < 1.29 is 18.7 Å². The molecule has 1 aromatic carbocycles. The van der Waals surface area contributed by atoms with Crippen LogP contribution in [0.25, 0.3) is 0 Å². The molecule has 114 valence electrons. The summed E-state index contributed by atoms with van der Waals surface area (Å²) in [4.78, 5) is 23.7. The molecule has 0 aliphatic carbocycles. The van der Waals surface area contributed by atoms with E-state index >= 15 is 0 Å². The summed E-state index contributed by atoms with van der Waals surface area (Å²) in [6.45, 7) is 0.458. The van der Waals surface area contributed by atoms with Crippen molar-refractivity contribution in [3.8, 4) is 5.75 Å². The van der Waals surface area contributed by atoms with Gasteiger partial charge in [0.25, 0.3) is 5.91 Å². The predicted molar refractivity (Wildman–Crippen MR) is 78.5 cm³/mol. The average Bonchev–Trinajstić information content (AvgIpc) is 3.07. The molecule has 6 nitrogen and oxygen atoms in total. The average molecular weight is 300 g/mol. The lowest BCUT2D eigenvalue weighted by molar-refractivity contribution is -0.121. The molecule has 2 amide bonds. The Bertz CT molecular complexity index is 667. The molecule has 22 heavy (non-hydrogen) atoms. The van der Waals surface area contributed by atoms with Gasteiger partial charge < -0.3 is 19.8 Å². The maximum Gasteiger partial charge on any atom is 0.287 e. The maximum atomic E-state index is 12.0. The molecule has 0 spiro atoms. The number of carbonyl (C=O) groups excluding carboxylic acids is 2. The minimum absolute atomic E-state index is 0.0982. The van der Waals surface area contributed by atoms with Crippen LogP contribution in [-0.4, -0.2) is 25.0 Å². The van der Waals surface area contributed by atoms with Gasteiger partial charge in [0.05, 0.1) is 25.5 Å². The minimum atomic E-state index is -0.410. The molecule has 1 atom stereocenters. The number of furan rings is 1. The molecule has 2 heterocycles. The summed E-state index contributed by atoms with van der Waals surface area (Å²) < 4.78 is 10.5. The van der Waals surface area contributed by atoms with Gasteiger partial charge in [-0.25, -0.2) is 0 Å². The number of carbonyl (C=O) groups is 2. The van der Waals surface area contributed by atoms with E-state index in [1.165, 1.54) is 6.26 Å². The number of hydrogen-bond donors (Lipinski definition) is 2. The highest BCUT2D eigenvalue weighted by atomic mass is 16.5. The van der Waals surface area contributed by atoms with Gasteiger partial charge >= 0.3 is 0 Å². The van der Waals surface area contributed by atoms with Crippen LogP contribution < -0.4 is 15.4 Å². The van der Waals surface area contributed by atoms with Gasteiger partial charge in [0.2, 0.25) is 5.91 Å². The highest BCUT2D eigenvalue weighted by molar-refractivity contribution is 5.94. The summed E-state index contributed by atoms with van der Waals surface area (Å²) in [7, 11) is 0. The molecule has 2 N–H and O–H groups in total. The molecule has 1 aliphatic heterocycles. The van der Waals surface area contributed by atoms with E-state index in [1.54, 1.807) is 12.1 Å². The van der Waals surface area contributed by atoms with Gasteiger partial charge in [-0.1, -0.05) is 18.2 Å². The first kappa shape index (κ1) is 14.2. The molecule has 1 aromatic heterocycles. The number of nitrogens with one attached hydrogen (secondary N) is 2. The van der Waals surface area contributed by atoms with Crippen molar-refractivity contribution in [1.29, 1.82) is 0 Å². The second-order valence-electron chi connectivity index (χ2n) is 4.96. The second kappa shape index (κ2) is 6.34. The SMILES string of the molecule is O=C(CNC(=O)c1ccco1)NC1CCOc2ccccc21. The zero-order valence-corrected chi connectivity index (χ0v) is 11.9. The molecule has 0 saturated heterocycles. The Labute approximate surface area is 127 Å². The molecule has 1 aliphatic rings. The molecule has 0 bridgehead atoms. The van der Waals surface area contributed by atoms with Crippen LogP contribution in [0.15, 0.2) is 47.1 Å². The van der Waals surface area contributed by atoms with Crippen LogP contribution >= 0.6 is 0 Å². The number of fused-ring (bicyclic) bond motifs is 1. The normalized spacial score (nSPS) is 16.3. The minimum Gasteiger partial charge on any atom is -0.493 e. The van der Waals surface area contributed by atoms with E-state index in [0.29, 0.717) is 13.0 Å². The fourth-order valence-corrected chi connectivity index (χ4v) is 2.39. The Morgan fingerprint density at radius 2 is 2.05 bits per heavy atom. The van der Waals surface area contributed by atoms with Crippen LogP contribution in [0.2, 0.25) is 0 Å². The molecular formula is C16H16N2O4. The maximum absolute atomic E-state index is 12.0. The van der Waals surface area contributed by atoms with Crippen molar-refractivity contribution in [2.45, 2.75) is 12.5 Å². The summed E-state index contributed by atoms with van der Waals surface area (Å²) in [6, 6.07) is 10.7. The Morgan fingerprint density at radius 3 is 2.86 bits per heavy atom.